The molecule has 0 bridgehead atoms. The second-order valence-corrected chi connectivity index (χ2v) is 6.26. The van der Waals surface area contributed by atoms with Crippen molar-refractivity contribution in [1.29, 1.82) is 0 Å². The predicted molar refractivity (Wildman–Crippen MR) is 104 cm³/mol. The van der Waals surface area contributed by atoms with E-state index in [0.29, 0.717) is 27.4 Å². The summed E-state index contributed by atoms with van der Waals surface area (Å²) in [4.78, 5) is 11.4. The van der Waals surface area contributed by atoms with Crippen molar-refractivity contribution in [2.24, 2.45) is 0 Å². The number of anilines is 4. The number of nitrogens with two attached hydrogens (primary N) is 1. The largest absolute Gasteiger partial charge is 0.397 e. The van der Waals surface area contributed by atoms with E-state index in [0.717, 1.165) is 37.4 Å². The molecule has 0 fully saturated rings. The fraction of sp³-hybridized carbons (Fsp3) is 0.412. The second kappa shape index (κ2) is 8.40. The summed E-state index contributed by atoms with van der Waals surface area (Å²) >= 11 is 12.3. The van der Waals surface area contributed by atoms with E-state index in [9.17, 15) is 0 Å². The number of benzene rings is 1. The molecule has 1 aromatic heterocycles. The van der Waals surface area contributed by atoms with Crippen molar-refractivity contribution >= 4 is 46.3 Å². The number of halogens is 2. The van der Waals surface area contributed by atoms with Gasteiger partial charge in [-0.1, -0.05) is 36.5 Å². The van der Waals surface area contributed by atoms with Crippen molar-refractivity contribution in [1.82, 2.24) is 9.97 Å². The number of aromatic nitrogens is 2. The molecule has 130 valence electrons. The van der Waals surface area contributed by atoms with E-state index in [1.165, 1.54) is 0 Å². The molecule has 0 aliphatic carbocycles. The lowest BCUT2D eigenvalue weighted by atomic mass is 10.2. The molecule has 0 amide bonds. The number of aryl methyl sites for hydroxylation is 1. The second-order valence-electron chi connectivity index (χ2n) is 5.44. The SMILES string of the molecule is CCCc1cc(N(CC)CC)nc(Nc2cc(Cl)c(N)cc2Cl)n1. The minimum absolute atomic E-state index is 0.440. The minimum Gasteiger partial charge on any atom is -0.397 e. The topological polar surface area (TPSA) is 67.1 Å². The number of hydrogen-bond acceptors (Lipinski definition) is 5. The molecular weight excluding hydrogens is 345 g/mol. The number of hydrogen-bond donors (Lipinski definition) is 2. The zero-order valence-corrected chi connectivity index (χ0v) is 15.7. The van der Waals surface area contributed by atoms with E-state index in [1.807, 2.05) is 6.07 Å². The Morgan fingerprint density at radius 1 is 1.04 bits per heavy atom. The van der Waals surface area contributed by atoms with Crippen molar-refractivity contribution in [3.8, 4) is 0 Å². The summed E-state index contributed by atoms with van der Waals surface area (Å²) in [5, 5.41) is 4.08. The summed E-state index contributed by atoms with van der Waals surface area (Å²) < 4.78 is 0. The molecule has 1 heterocycles. The van der Waals surface area contributed by atoms with Crippen LogP contribution in [0.1, 0.15) is 32.9 Å². The van der Waals surface area contributed by atoms with E-state index in [4.69, 9.17) is 28.9 Å². The molecule has 5 nitrogen and oxygen atoms in total. The maximum absolute atomic E-state index is 6.24. The van der Waals surface area contributed by atoms with Crippen molar-refractivity contribution in [2.75, 3.05) is 29.0 Å². The van der Waals surface area contributed by atoms with Crippen LogP contribution in [0.15, 0.2) is 18.2 Å². The van der Waals surface area contributed by atoms with Crippen molar-refractivity contribution in [3.63, 3.8) is 0 Å². The fourth-order valence-electron chi connectivity index (χ4n) is 2.41. The molecule has 7 heteroatoms. The summed E-state index contributed by atoms with van der Waals surface area (Å²) in [6, 6.07) is 5.35. The van der Waals surface area contributed by atoms with Crippen LogP contribution in [0.3, 0.4) is 0 Å². The highest BCUT2D eigenvalue weighted by atomic mass is 35.5. The Labute approximate surface area is 153 Å². The van der Waals surface area contributed by atoms with Crippen LogP contribution in [0.5, 0.6) is 0 Å². The van der Waals surface area contributed by atoms with Gasteiger partial charge in [-0.25, -0.2) is 4.98 Å². The molecule has 1 aromatic carbocycles. The van der Waals surface area contributed by atoms with Gasteiger partial charge in [0.25, 0.3) is 0 Å². The third-order valence-corrected chi connectivity index (χ3v) is 4.33. The number of nitrogen functional groups attached to an aromatic ring is 1. The standard InChI is InChI=1S/C17H23Cl2N5/c1-4-7-11-8-16(24(5-2)6-3)23-17(21-11)22-15-10-12(18)14(20)9-13(15)19/h8-10H,4-7,20H2,1-3H3,(H,21,22,23). The number of rotatable bonds is 7. The quantitative estimate of drug-likeness (QED) is 0.680. The molecule has 2 aromatic rings. The van der Waals surface area contributed by atoms with Gasteiger partial charge in [-0.05, 0) is 32.4 Å². The summed E-state index contributed by atoms with van der Waals surface area (Å²) in [6.07, 6.45) is 1.91. The normalized spacial score (nSPS) is 10.7. The Bertz CT molecular complexity index is 702. The first-order valence-electron chi connectivity index (χ1n) is 8.12. The Kier molecular flexibility index (Phi) is 6.52. The summed E-state index contributed by atoms with van der Waals surface area (Å²) in [7, 11) is 0. The number of nitrogens with one attached hydrogen (secondary N) is 1. The Morgan fingerprint density at radius 3 is 2.38 bits per heavy atom. The molecule has 3 N–H and O–H groups in total. The highest BCUT2D eigenvalue weighted by molar-refractivity contribution is 6.37. The lowest BCUT2D eigenvalue weighted by Gasteiger charge is -2.21. The van der Waals surface area contributed by atoms with Crippen LogP contribution >= 0.6 is 23.2 Å². The van der Waals surface area contributed by atoms with Gasteiger partial charge in [0.15, 0.2) is 0 Å². The van der Waals surface area contributed by atoms with E-state index in [2.05, 4.69) is 41.0 Å². The highest BCUT2D eigenvalue weighted by Gasteiger charge is 2.12. The molecule has 24 heavy (non-hydrogen) atoms. The Morgan fingerprint density at radius 2 is 1.75 bits per heavy atom. The van der Waals surface area contributed by atoms with E-state index in [1.54, 1.807) is 12.1 Å². The third kappa shape index (κ3) is 4.42. The molecule has 0 radical (unpaired) electrons. The van der Waals surface area contributed by atoms with Crippen molar-refractivity contribution < 1.29 is 0 Å². The van der Waals surface area contributed by atoms with Gasteiger partial charge in [0.1, 0.15) is 5.82 Å². The molecule has 0 saturated heterocycles. The average molecular weight is 368 g/mol. The average Bonchev–Trinajstić information content (AvgIpc) is 2.54. The maximum atomic E-state index is 6.24. The van der Waals surface area contributed by atoms with Gasteiger partial charge < -0.3 is 16.0 Å². The molecule has 0 aliphatic rings. The van der Waals surface area contributed by atoms with Crippen LogP contribution in [0, 0.1) is 0 Å². The van der Waals surface area contributed by atoms with Crippen LogP contribution in [0.25, 0.3) is 0 Å². The van der Waals surface area contributed by atoms with Crippen LogP contribution < -0.4 is 16.0 Å². The van der Waals surface area contributed by atoms with Gasteiger partial charge in [0, 0.05) is 24.8 Å². The molecule has 0 atom stereocenters. The molecule has 2 rings (SSSR count). The van der Waals surface area contributed by atoms with Crippen molar-refractivity contribution in [2.45, 2.75) is 33.6 Å². The van der Waals surface area contributed by atoms with Gasteiger partial charge in [-0.15, -0.1) is 0 Å². The molecule has 0 unspecified atom stereocenters. The fourth-order valence-corrected chi connectivity index (χ4v) is 2.79. The predicted octanol–water partition coefficient (Wildman–Crippen LogP) is 4.91. The summed E-state index contributed by atoms with van der Waals surface area (Å²) in [5.41, 5.74) is 7.84. The highest BCUT2D eigenvalue weighted by Crippen LogP contribution is 2.32. The minimum atomic E-state index is 0.440. The van der Waals surface area contributed by atoms with Gasteiger partial charge in [-0.3, -0.25) is 0 Å². The van der Waals surface area contributed by atoms with Crippen molar-refractivity contribution in [3.05, 3.63) is 33.9 Å². The molecular formula is C17H23Cl2N5. The van der Waals surface area contributed by atoms with Gasteiger partial charge in [-0.2, -0.15) is 4.98 Å². The smallest absolute Gasteiger partial charge is 0.229 e. The van der Waals surface area contributed by atoms with Crippen LogP contribution in [-0.4, -0.2) is 23.1 Å². The monoisotopic (exact) mass is 367 g/mol. The van der Waals surface area contributed by atoms with Gasteiger partial charge >= 0.3 is 0 Å². The van der Waals surface area contributed by atoms with Gasteiger partial charge in [0.2, 0.25) is 5.95 Å². The first-order valence-corrected chi connectivity index (χ1v) is 8.88. The van der Waals surface area contributed by atoms with Gasteiger partial charge in [0.05, 0.1) is 21.4 Å². The first kappa shape index (κ1) is 18.6. The zero-order chi connectivity index (χ0) is 17.7. The Balaban J connectivity index is 2.40. The lowest BCUT2D eigenvalue weighted by molar-refractivity contribution is 0.824. The van der Waals surface area contributed by atoms with Crippen LogP contribution in [0.2, 0.25) is 10.0 Å². The number of nitrogens with zero attached hydrogens (tertiary/aromatic N) is 3. The van der Waals surface area contributed by atoms with Crippen LogP contribution in [-0.2, 0) is 6.42 Å². The van der Waals surface area contributed by atoms with E-state index >= 15 is 0 Å². The third-order valence-electron chi connectivity index (χ3n) is 3.69. The first-order chi connectivity index (χ1) is 11.5. The zero-order valence-electron chi connectivity index (χ0n) is 14.2. The lowest BCUT2D eigenvalue weighted by Crippen LogP contribution is -2.23. The molecule has 0 aliphatic heterocycles. The maximum Gasteiger partial charge on any atom is 0.229 e. The Hall–Kier alpha value is -1.72. The summed E-state index contributed by atoms with van der Waals surface area (Å²) in [5.74, 6) is 1.41. The van der Waals surface area contributed by atoms with Crippen LogP contribution in [0.4, 0.5) is 23.1 Å². The molecule has 0 spiro atoms. The van der Waals surface area contributed by atoms with E-state index in [-0.39, 0.29) is 0 Å². The molecule has 0 saturated carbocycles. The van der Waals surface area contributed by atoms with E-state index < -0.39 is 0 Å². The summed E-state index contributed by atoms with van der Waals surface area (Å²) in [6.45, 7) is 8.10.